The number of fused-ring (bicyclic) bond motifs is 1. The standard InChI is InChI=1S/C18H16FNO/c1-18(21,15-7-3-4-8-16(15)19)12-14-11-10-13-6-2-5-9-17(13)20-14/h2-11,21H,12H2,1H3. The fraction of sp³-hybridized carbons (Fsp3) is 0.167. The molecule has 0 aliphatic rings. The van der Waals surface area contributed by atoms with Gasteiger partial charge in [-0.2, -0.15) is 0 Å². The van der Waals surface area contributed by atoms with Crippen molar-refractivity contribution in [2.45, 2.75) is 18.9 Å². The SMILES string of the molecule is CC(O)(Cc1ccc2ccccc2n1)c1ccccc1F. The minimum Gasteiger partial charge on any atom is -0.385 e. The molecular formula is C18H16FNO. The van der Waals surface area contributed by atoms with Gasteiger partial charge in [0, 0.05) is 23.1 Å². The number of pyridine rings is 1. The first kappa shape index (κ1) is 13.7. The maximum absolute atomic E-state index is 13.9. The van der Waals surface area contributed by atoms with Gasteiger partial charge in [-0.1, -0.05) is 42.5 Å². The first-order valence-electron chi connectivity index (χ1n) is 6.88. The number of hydrogen-bond donors (Lipinski definition) is 1. The van der Waals surface area contributed by atoms with E-state index < -0.39 is 11.4 Å². The highest BCUT2D eigenvalue weighted by Gasteiger charge is 2.27. The van der Waals surface area contributed by atoms with Crippen molar-refractivity contribution >= 4 is 10.9 Å². The molecule has 3 rings (SSSR count). The Morgan fingerprint density at radius 1 is 1.00 bits per heavy atom. The monoisotopic (exact) mass is 281 g/mol. The summed E-state index contributed by atoms with van der Waals surface area (Å²) < 4.78 is 13.9. The second-order valence-corrected chi connectivity index (χ2v) is 5.43. The lowest BCUT2D eigenvalue weighted by Crippen LogP contribution is -2.26. The molecule has 0 fully saturated rings. The summed E-state index contributed by atoms with van der Waals surface area (Å²) in [6, 6.07) is 17.9. The van der Waals surface area contributed by atoms with Gasteiger partial charge in [0.2, 0.25) is 0 Å². The third-order valence-electron chi connectivity index (χ3n) is 3.64. The summed E-state index contributed by atoms with van der Waals surface area (Å²) in [5, 5.41) is 11.7. The van der Waals surface area contributed by atoms with E-state index in [1.54, 1.807) is 25.1 Å². The molecular weight excluding hydrogens is 265 g/mol. The number of halogens is 1. The van der Waals surface area contributed by atoms with Gasteiger partial charge >= 0.3 is 0 Å². The van der Waals surface area contributed by atoms with Crippen molar-refractivity contribution in [2.24, 2.45) is 0 Å². The third kappa shape index (κ3) is 2.78. The van der Waals surface area contributed by atoms with Gasteiger partial charge in [0.15, 0.2) is 0 Å². The first-order chi connectivity index (χ1) is 10.1. The molecule has 0 aliphatic carbocycles. The summed E-state index contributed by atoms with van der Waals surface area (Å²) in [7, 11) is 0. The van der Waals surface area contributed by atoms with E-state index in [9.17, 15) is 9.50 Å². The van der Waals surface area contributed by atoms with Crippen LogP contribution in [0.3, 0.4) is 0 Å². The topological polar surface area (TPSA) is 33.1 Å². The molecule has 0 saturated heterocycles. The van der Waals surface area contributed by atoms with Crippen molar-refractivity contribution in [3.63, 3.8) is 0 Å². The van der Waals surface area contributed by atoms with Crippen molar-refractivity contribution in [1.82, 2.24) is 4.98 Å². The predicted octanol–water partition coefficient (Wildman–Crippen LogP) is 3.82. The molecule has 1 aromatic heterocycles. The smallest absolute Gasteiger partial charge is 0.129 e. The number of para-hydroxylation sites is 1. The maximum Gasteiger partial charge on any atom is 0.129 e. The van der Waals surface area contributed by atoms with E-state index in [4.69, 9.17) is 0 Å². The van der Waals surface area contributed by atoms with Crippen molar-refractivity contribution in [2.75, 3.05) is 0 Å². The summed E-state index contributed by atoms with van der Waals surface area (Å²) in [6.45, 7) is 1.61. The number of aromatic nitrogens is 1. The Morgan fingerprint density at radius 2 is 1.71 bits per heavy atom. The third-order valence-corrected chi connectivity index (χ3v) is 3.64. The zero-order chi connectivity index (χ0) is 14.9. The minimum atomic E-state index is -1.29. The molecule has 0 radical (unpaired) electrons. The minimum absolute atomic E-state index is 0.263. The van der Waals surface area contributed by atoms with E-state index in [2.05, 4.69) is 4.98 Å². The van der Waals surface area contributed by atoms with Crippen molar-refractivity contribution in [3.05, 3.63) is 77.7 Å². The maximum atomic E-state index is 13.9. The molecule has 0 spiro atoms. The molecule has 1 atom stereocenters. The zero-order valence-corrected chi connectivity index (χ0v) is 11.8. The molecule has 106 valence electrons. The number of nitrogens with zero attached hydrogens (tertiary/aromatic N) is 1. The molecule has 0 amide bonds. The quantitative estimate of drug-likeness (QED) is 0.791. The Labute approximate surface area is 122 Å². The highest BCUT2D eigenvalue weighted by Crippen LogP contribution is 2.27. The summed E-state index contributed by atoms with van der Waals surface area (Å²) in [6.07, 6.45) is 0.263. The van der Waals surface area contributed by atoms with E-state index in [1.165, 1.54) is 6.07 Å². The molecule has 2 aromatic carbocycles. The number of rotatable bonds is 3. The van der Waals surface area contributed by atoms with Crippen LogP contribution in [0.4, 0.5) is 4.39 Å². The van der Waals surface area contributed by atoms with Crippen LogP contribution in [-0.4, -0.2) is 10.1 Å². The Bertz CT molecular complexity index is 783. The molecule has 0 saturated carbocycles. The molecule has 3 heteroatoms. The molecule has 3 aromatic rings. The van der Waals surface area contributed by atoms with Gasteiger partial charge in [0.1, 0.15) is 5.82 Å². The molecule has 1 heterocycles. The van der Waals surface area contributed by atoms with Gasteiger partial charge in [-0.25, -0.2) is 4.39 Å². The van der Waals surface area contributed by atoms with Crippen LogP contribution >= 0.6 is 0 Å². The van der Waals surface area contributed by atoms with Crippen LogP contribution in [0.2, 0.25) is 0 Å². The Morgan fingerprint density at radius 3 is 2.52 bits per heavy atom. The second-order valence-electron chi connectivity index (χ2n) is 5.43. The van der Waals surface area contributed by atoms with Crippen LogP contribution in [0.15, 0.2) is 60.7 Å². The lowest BCUT2D eigenvalue weighted by molar-refractivity contribution is 0.0529. The van der Waals surface area contributed by atoms with Crippen LogP contribution in [0.1, 0.15) is 18.2 Å². The largest absolute Gasteiger partial charge is 0.385 e. The molecule has 0 aliphatic heterocycles. The molecule has 1 N–H and O–H groups in total. The van der Waals surface area contributed by atoms with Gasteiger partial charge in [0.25, 0.3) is 0 Å². The van der Waals surface area contributed by atoms with Crippen LogP contribution in [-0.2, 0) is 12.0 Å². The summed E-state index contributed by atoms with van der Waals surface area (Å²) in [5.74, 6) is -0.400. The van der Waals surface area contributed by atoms with Crippen molar-refractivity contribution in [3.8, 4) is 0 Å². The highest BCUT2D eigenvalue weighted by atomic mass is 19.1. The van der Waals surface area contributed by atoms with Gasteiger partial charge in [-0.3, -0.25) is 4.98 Å². The summed E-state index contributed by atoms with van der Waals surface area (Å²) in [4.78, 5) is 4.53. The fourth-order valence-corrected chi connectivity index (χ4v) is 2.55. The van der Waals surface area contributed by atoms with E-state index in [0.29, 0.717) is 5.56 Å². The van der Waals surface area contributed by atoms with E-state index >= 15 is 0 Å². The van der Waals surface area contributed by atoms with Crippen LogP contribution in [0.5, 0.6) is 0 Å². The van der Waals surface area contributed by atoms with E-state index in [-0.39, 0.29) is 6.42 Å². The average molecular weight is 281 g/mol. The summed E-state index contributed by atoms with van der Waals surface area (Å²) >= 11 is 0. The van der Waals surface area contributed by atoms with E-state index in [0.717, 1.165) is 16.6 Å². The normalized spacial score (nSPS) is 14.0. The Hall–Kier alpha value is -2.26. The van der Waals surface area contributed by atoms with Gasteiger partial charge in [0.05, 0.1) is 11.1 Å². The Kier molecular flexibility index (Phi) is 3.43. The van der Waals surface area contributed by atoms with Gasteiger partial charge < -0.3 is 5.11 Å². The van der Waals surface area contributed by atoms with Crippen molar-refractivity contribution in [1.29, 1.82) is 0 Å². The van der Waals surface area contributed by atoms with Gasteiger partial charge in [-0.05, 0) is 25.1 Å². The Balaban J connectivity index is 1.95. The second kappa shape index (κ2) is 5.26. The fourth-order valence-electron chi connectivity index (χ4n) is 2.55. The summed E-state index contributed by atoms with van der Waals surface area (Å²) in [5.41, 5.74) is 0.613. The van der Waals surface area contributed by atoms with Crippen molar-refractivity contribution < 1.29 is 9.50 Å². The average Bonchev–Trinajstić information content (AvgIpc) is 2.47. The number of aliphatic hydroxyl groups is 1. The van der Waals surface area contributed by atoms with Crippen LogP contribution in [0, 0.1) is 5.82 Å². The lowest BCUT2D eigenvalue weighted by atomic mass is 9.90. The lowest BCUT2D eigenvalue weighted by Gasteiger charge is -2.24. The molecule has 1 unspecified atom stereocenters. The molecule has 21 heavy (non-hydrogen) atoms. The van der Waals surface area contributed by atoms with Gasteiger partial charge in [-0.15, -0.1) is 0 Å². The number of hydrogen-bond acceptors (Lipinski definition) is 2. The van der Waals surface area contributed by atoms with Crippen LogP contribution in [0.25, 0.3) is 10.9 Å². The number of benzene rings is 2. The van der Waals surface area contributed by atoms with Crippen LogP contribution < -0.4 is 0 Å². The molecule has 0 bridgehead atoms. The first-order valence-corrected chi connectivity index (χ1v) is 6.88. The van der Waals surface area contributed by atoms with E-state index in [1.807, 2.05) is 36.4 Å². The zero-order valence-electron chi connectivity index (χ0n) is 11.8. The predicted molar refractivity (Wildman–Crippen MR) is 81.4 cm³/mol. The highest BCUT2D eigenvalue weighted by molar-refractivity contribution is 5.78. The molecule has 2 nitrogen and oxygen atoms in total.